The van der Waals surface area contributed by atoms with Crippen LogP contribution in [0.2, 0.25) is 0 Å². The van der Waals surface area contributed by atoms with Crippen LogP contribution in [0.4, 0.5) is 4.79 Å². The molecular weight excluding hydrogens is 356 g/mol. The van der Waals surface area contributed by atoms with Crippen molar-refractivity contribution in [3.05, 3.63) is 35.5 Å². The maximum absolute atomic E-state index is 12.9. The number of carbonyl (C=O) groups is 1. The molecule has 0 radical (unpaired) electrons. The number of likely N-dealkylation sites (tertiary alicyclic amines) is 1. The highest BCUT2D eigenvalue weighted by molar-refractivity contribution is 5.76. The van der Waals surface area contributed by atoms with E-state index in [0.717, 1.165) is 36.5 Å². The van der Waals surface area contributed by atoms with Crippen LogP contribution in [0.3, 0.4) is 0 Å². The van der Waals surface area contributed by atoms with E-state index >= 15 is 0 Å². The fourth-order valence-electron chi connectivity index (χ4n) is 4.95. The topological polar surface area (TPSA) is 59.8 Å². The van der Waals surface area contributed by atoms with Crippen LogP contribution >= 0.6 is 0 Å². The van der Waals surface area contributed by atoms with Crippen molar-refractivity contribution in [1.82, 2.24) is 19.6 Å². The Hall–Kier alpha value is -2.54. The van der Waals surface area contributed by atoms with Gasteiger partial charge in [-0.2, -0.15) is 5.10 Å². The number of rotatable bonds is 2. The van der Waals surface area contributed by atoms with Gasteiger partial charge in [0.1, 0.15) is 5.75 Å². The van der Waals surface area contributed by atoms with Crippen LogP contribution < -0.4 is 4.74 Å². The van der Waals surface area contributed by atoms with E-state index in [4.69, 9.17) is 14.6 Å². The molecular formula is C21H26N4O3. The lowest BCUT2D eigenvalue weighted by atomic mass is 9.94. The van der Waals surface area contributed by atoms with Crippen LogP contribution in [-0.4, -0.2) is 72.1 Å². The van der Waals surface area contributed by atoms with E-state index in [1.807, 2.05) is 39.7 Å². The van der Waals surface area contributed by atoms with Crippen LogP contribution in [0, 0.1) is 5.92 Å². The van der Waals surface area contributed by atoms with Gasteiger partial charge in [-0.1, -0.05) is 12.1 Å². The lowest BCUT2D eigenvalue weighted by molar-refractivity contribution is 0.0448. The molecule has 1 aliphatic carbocycles. The Labute approximate surface area is 164 Å². The van der Waals surface area contributed by atoms with Crippen molar-refractivity contribution in [3.8, 4) is 17.0 Å². The Morgan fingerprint density at radius 2 is 2.04 bits per heavy atom. The highest BCUT2D eigenvalue weighted by Crippen LogP contribution is 2.47. The Kier molecular flexibility index (Phi) is 4.27. The number of amides is 2. The molecule has 2 saturated heterocycles. The van der Waals surface area contributed by atoms with Gasteiger partial charge in [0.15, 0.2) is 0 Å². The second kappa shape index (κ2) is 6.81. The highest BCUT2D eigenvalue weighted by Gasteiger charge is 2.45. The van der Waals surface area contributed by atoms with Crippen LogP contribution in [0.15, 0.2) is 24.3 Å². The summed E-state index contributed by atoms with van der Waals surface area (Å²) >= 11 is 0. The number of nitrogens with zero attached hydrogens (tertiary/aromatic N) is 4. The fraction of sp³-hybridized carbons (Fsp3) is 0.524. The molecule has 2 fully saturated rings. The summed E-state index contributed by atoms with van der Waals surface area (Å²) in [7, 11) is 3.71. The molecule has 0 bridgehead atoms. The monoisotopic (exact) mass is 382 g/mol. The summed E-state index contributed by atoms with van der Waals surface area (Å²) in [5, 5.41) is 4.83. The number of aromatic nitrogens is 2. The zero-order chi connectivity index (χ0) is 19.3. The molecule has 0 spiro atoms. The molecule has 28 heavy (non-hydrogen) atoms. The predicted octanol–water partition coefficient (Wildman–Crippen LogP) is 2.12. The summed E-state index contributed by atoms with van der Waals surface area (Å²) in [5.74, 6) is 1.67. The van der Waals surface area contributed by atoms with E-state index in [1.165, 1.54) is 11.3 Å². The number of methoxy groups -OCH3 is 1. The van der Waals surface area contributed by atoms with Gasteiger partial charge >= 0.3 is 6.03 Å². The second-order valence-electron chi connectivity index (χ2n) is 7.92. The first-order valence-corrected chi connectivity index (χ1v) is 9.97. The van der Waals surface area contributed by atoms with Gasteiger partial charge in [0, 0.05) is 56.0 Å². The summed E-state index contributed by atoms with van der Waals surface area (Å²) in [4.78, 5) is 16.9. The lowest BCUT2D eigenvalue weighted by Gasteiger charge is -2.31. The minimum atomic E-state index is 0.158. The highest BCUT2D eigenvalue weighted by atomic mass is 16.5. The van der Waals surface area contributed by atoms with Crippen molar-refractivity contribution in [3.63, 3.8) is 0 Å². The number of hydrogen-bond acceptors (Lipinski definition) is 4. The van der Waals surface area contributed by atoms with Gasteiger partial charge in [-0.15, -0.1) is 0 Å². The first-order chi connectivity index (χ1) is 13.7. The van der Waals surface area contributed by atoms with Crippen LogP contribution in [0.1, 0.15) is 17.2 Å². The first kappa shape index (κ1) is 17.6. The quantitative estimate of drug-likeness (QED) is 0.798. The van der Waals surface area contributed by atoms with Crippen molar-refractivity contribution in [2.24, 2.45) is 13.0 Å². The first-order valence-electron chi connectivity index (χ1n) is 9.97. The average molecular weight is 382 g/mol. The van der Waals surface area contributed by atoms with E-state index in [9.17, 15) is 4.79 Å². The summed E-state index contributed by atoms with van der Waals surface area (Å²) in [5.41, 5.74) is 4.74. The summed E-state index contributed by atoms with van der Waals surface area (Å²) in [6.45, 7) is 4.26. The molecule has 0 N–H and O–H groups in total. The number of carbonyl (C=O) groups excluding carboxylic acids is 1. The number of ether oxygens (including phenoxy) is 2. The number of benzene rings is 1. The largest absolute Gasteiger partial charge is 0.497 e. The zero-order valence-electron chi connectivity index (χ0n) is 16.4. The van der Waals surface area contributed by atoms with E-state index in [0.29, 0.717) is 38.1 Å². The minimum Gasteiger partial charge on any atom is -0.497 e. The third kappa shape index (κ3) is 2.76. The van der Waals surface area contributed by atoms with Gasteiger partial charge in [0.25, 0.3) is 0 Å². The van der Waals surface area contributed by atoms with Crippen LogP contribution in [0.25, 0.3) is 11.3 Å². The van der Waals surface area contributed by atoms with Gasteiger partial charge in [-0.25, -0.2) is 4.79 Å². The maximum atomic E-state index is 12.9. The zero-order valence-corrected chi connectivity index (χ0v) is 16.4. The van der Waals surface area contributed by atoms with Gasteiger partial charge in [0.2, 0.25) is 0 Å². The van der Waals surface area contributed by atoms with Gasteiger partial charge in [-0.05, 0) is 24.5 Å². The third-order valence-electron chi connectivity index (χ3n) is 6.37. The standard InChI is InChI=1S/C21H26N4O3/c1-23-18-11-15-12-25(21(26)24-6-8-28-9-7-24)13-17(15)19(18)20(22-23)14-4-3-5-16(10-14)27-2/h3-5,10,15,17H,6-9,11-13H2,1-2H3/t15-,17+/m0/s1. The number of aryl methyl sites for hydroxylation is 1. The minimum absolute atomic E-state index is 0.158. The van der Waals surface area contributed by atoms with Crippen molar-refractivity contribution < 1.29 is 14.3 Å². The molecule has 0 unspecified atom stereocenters. The van der Waals surface area contributed by atoms with E-state index in [-0.39, 0.29) is 6.03 Å². The van der Waals surface area contributed by atoms with E-state index < -0.39 is 0 Å². The van der Waals surface area contributed by atoms with Gasteiger partial charge < -0.3 is 19.3 Å². The molecule has 7 nitrogen and oxygen atoms in total. The third-order valence-corrected chi connectivity index (χ3v) is 6.37. The Morgan fingerprint density at radius 1 is 1.21 bits per heavy atom. The van der Waals surface area contributed by atoms with Crippen LogP contribution in [0.5, 0.6) is 5.75 Å². The fourth-order valence-corrected chi connectivity index (χ4v) is 4.95. The van der Waals surface area contributed by atoms with Crippen molar-refractivity contribution >= 4 is 6.03 Å². The van der Waals surface area contributed by atoms with E-state index in [1.54, 1.807) is 7.11 Å². The molecule has 148 valence electrons. The van der Waals surface area contributed by atoms with Crippen molar-refractivity contribution in [2.45, 2.75) is 12.3 Å². The number of fused-ring (bicyclic) bond motifs is 3. The normalized spacial score (nSPS) is 23.6. The molecule has 7 heteroatoms. The molecule has 1 aromatic heterocycles. The SMILES string of the molecule is COc1cccc(-c2nn(C)c3c2[C@@H]2CN(C(=O)N4CCOCC4)C[C@@H]2C3)c1. The predicted molar refractivity (Wildman–Crippen MR) is 104 cm³/mol. The lowest BCUT2D eigenvalue weighted by Crippen LogP contribution is -2.47. The summed E-state index contributed by atoms with van der Waals surface area (Å²) in [6.07, 6.45) is 0.986. The number of urea groups is 1. The molecule has 2 aromatic rings. The Balaban J connectivity index is 1.43. The van der Waals surface area contributed by atoms with Crippen molar-refractivity contribution in [1.29, 1.82) is 0 Å². The van der Waals surface area contributed by atoms with E-state index in [2.05, 4.69) is 6.07 Å². The smallest absolute Gasteiger partial charge is 0.320 e. The van der Waals surface area contributed by atoms with Gasteiger partial charge in [-0.3, -0.25) is 4.68 Å². The molecule has 2 amide bonds. The average Bonchev–Trinajstić information content (AvgIpc) is 3.39. The molecule has 5 rings (SSSR count). The molecule has 2 atom stereocenters. The second-order valence-corrected chi connectivity index (χ2v) is 7.92. The molecule has 3 aliphatic rings. The Morgan fingerprint density at radius 3 is 2.82 bits per heavy atom. The van der Waals surface area contributed by atoms with Gasteiger partial charge in [0.05, 0.1) is 26.0 Å². The number of morpholine rings is 1. The molecule has 2 aliphatic heterocycles. The molecule has 1 aromatic carbocycles. The molecule has 0 saturated carbocycles. The summed E-state index contributed by atoms with van der Waals surface area (Å²) in [6, 6.07) is 8.25. The summed E-state index contributed by atoms with van der Waals surface area (Å²) < 4.78 is 12.8. The number of hydrogen-bond donors (Lipinski definition) is 0. The van der Waals surface area contributed by atoms with Crippen molar-refractivity contribution in [2.75, 3.05) is 46.5 Å². The molecule has 3 heterocycles. The van der Waals surface area contributed by atoms with Crippen LogP contribution in [-0.2, 0) is 18.2 Å². The Bertz CT molecular complexity index is 903. The maximum Gasteiger partial charge on any atom is 0.320 e.